The Morgan fingerprint density at radius 3 is 2.60 bits per heavy atom. The minimum atomic E-state index is -0.766. The molecule has 1 heterocycles. The van der Waals surface area contributed by atoms with Gasteiger partial charge in [-0.1, -0.05) is 11.6 Å². The van der Waals surface area contributed by atoms with Gasteiger partial charge in [-0.3, -0.25) is 0 Å². The average Bonchev–Trinajstić information content (AvgIpc) is 1.82. The molecule has 1 aliphatic rings. The predicted molar refractivity (Wildman–Crippen MR) is 42.2 cm³/mol. The van der Waals surface area contributed by atoms with E-state index in [1.54, 1.807) is 0 Å². The average molecular weight is 201 g/mol. The molecule has 0 fully saturated rings. The van der Waals surface area contributed by atoms with Crippen LogP contribution in [0.25, 0.3) is 0 Å². The van der Waals surface area contributed by atoms with E-state index in [4.69, 9.17) is 40.6 Å². The monoisotopic (exact) mass is 200 g/mol. The number of halogens is 3. The van der Waals surface area contributed by atoms with Crippen molar-refractivity contribution in [3.8, 4) is 0 Å². The molecule has 0 bridgehead atoms. The zero-order valence-electron chi connectivity index (χ0n) is 4.63. The van der Waals surface area contributed by atoms with Crippen molar-refractivity contribution in [1.29, 1.82) is 0 Å². The highest BCUT2D eigenvalue weighted by Gasteiger charge is 2.19. The first kappa shape index (κ1) is 8.07. The summed E-state index contributed by atoms with van der Waals surface area (Å²) in [6.45, 7) is 0. The van der Waals surface area contributed by atoms with Crippen LogP contribution in [0.1, 0.15) is 0 Å². The van der Waals surface area contributed by atoms with Gasteiger partial charge in [0.1, 0.15) is 0 Å². The Balaban J connectivity index is 2.85. The van der Waals surface area contributed by atoms with Crippen LogP contribution in [-0.2, 0) is 0 Å². The number of rotatable bonds is 0. The van der Waals surface area contributed by atoms with Crippen LogP contribution < -0.4 is 5.84 Å². The zero-order valence-corrected chi connectivity index (χ0v) is 6.90. The van der Waals surface area contributed by atoms with Gasteiger partial charge in [-0.25, -0.2) is 15.8 Å². The SMILES string of the molecule is NN1C(Cl)=NC(Cl)=NC1Cl. The van der Waals surface area contributed by atoms with E-state index in [1.807, 2.05) is 0 Å². The lowest BCUT2D eigenvalue weighted by atomic mass is 10.9. The molecule has 56 valence electrons. The van der Waals surface area contributed by atoms with E-state index >= 15 is 0 Å². The molecule has 0 saturated heterocycles. The molecular formula is C3H3Cl3N4. The van der Waals surface area contributed by atoms with Gasteiger partial charge in [0.2, 0.25) is 16.2 Å². The number of nitrogens with two attached hydrogens (primary N) is 1. The summed E-state index contributed by atoms with van der Waals surface area (Å²) in [5, 5.41) is 1.03. The first-order valence-electron chi connectivity index (χ1n) is 2.27. The highest BCUT2D eigenvalue weighted by atomic mass is 35.5. The first-order valence-corrected chi connectivity index (χ1v) is 3.46. The summed E-state index contributed by atoms with van der Waals surface area (Å²) in [6, 6.07) is 0. The van der Waals surface area contributed by atoms with Gasteiger partial charge in [0.05, 0.1) is 0 Å². The van der Waals surface area contributed by atoms with E-state index in [2.05, 4.69) is 9.98 Å². The molecule has 0 radical (unpaired) electrons. The fraction of sp³-hybridized carbons (Fsp3) is 0.333. The van der Waals surface area contributed by atoms with Crippen molar-refractivity contribution in [3.63, 3.8) is 0 Å². The first-order chi connectivity index (χ1) is 4.61. The summed E-state index contributed by atoms with van der Waals surface area (Å²) >= 11 is 16.4. The molecular weight excluding hydrogens is 198 g/mol. The smallest absolute Gasteiger partial charge is 0.223 e. The second-order valence-corrected chi connectivity index (χ2v) is 2.56. The number of nitrogens with zero attached hydrogens (tertiary/aromatic N) is 3. The van der Waals surface area contributed by atoms with Crippen molar-refractivity contribution in [3.05, 3.63) is 0 Å². The normalized spacial score (nSPS) is 26.0. The van der Waals surface area contributed by atoms with Crippen LogP contribution in [0.5, 0.6) is 0 Å². The fourth-order valence-electron chi connectivity index (χ4n) is 0.401. The van der Waals surface area contributed by atoms with Crippen molar-refractivity contribution < 1.29 is 0 Å². The lowest BCUT2D eigenvalue weighted by Crippen LogP contribution is -2.42. The van der Waals surface area contributed by atoms with E-state index in [0.29, 0.717) is 0 Å². The topological polar surface area (TPSA) is 54.0 Å². The molecule has 0 aromatic carbocycles. The molecule has 1 atom stereocenters. The van der Waals surface area contributed by atoms with E-state index in [9.17, 15) is 0 Å². The van der Waals surface area contributed by atoms with Crippen LogP contribution in [0.3, 0.4) is 0 Å². The Bertz CT molecular complexity index is 200. The van der Waals surface area contributed by atoms with Crippen LogP contribution in [0.2, 0.25) is 0 Å². The van der Waals surface area contributed by atoms with Crippen LogP contribution in [0.4, 0.5) is 0 Å². The summed E-state index contributed by atoms with van der Waals surface area (Å²) in [6.07, 6.45) is 0. The van der Waals surface area contributed by atoms with Gasteiger partial charge in [0.15, 0.2) is 0 Å². The second kappa shape index (κ2) is 2.92. The van der Waals surface area contributed by atoms with Gasteiger partial charge in [0, 0.05) is 0 Å². The maximum absolute atomic E-state index is 5.52. The molecule has 1 unspecified atom stereocenters. The molecule has 7 heteroatoms. The quantitative estimate of drug-likeness (QED) is 0.359. The lowest BCUT2D eigenvalue weighted by molar-refractivity contribution is 0.419. The highest BCUT2D eigenvalue weighted by molar-refractivity contribution is 6.71. The molecule has 0 amide bonds. The molecule has 1 aliphatic heterocycles. The van der Waals surface area contributed by atoms with Gasteiger partial charge in [0.25, 0.3) is 0 Å². The van der Waals surface area contributed by atoms with Crippen molar-refractivity contribution in [2.75, 3.05) is 0 Å². The van der Waals surface area contributed by atoms with Gasteiger partial charge >= 0.3 is 0 Å². The van der Waals surface area contributed by atoms with Crippen LogP contribution in [-0.4, -0.2) is 21.2 Å². The Morgan fingerprint density at radius 2 is 2.10 bits per heavy atom. The fourth-order valence-corrected chi connectivity index (χ4v) is 1.07. The summed E-state index contributed by atoms with van der Waals surface area (Å²) in [5.74, 6) is 5.26. The van der Waals surface area contributed by atoms with E-state index in [1.165, 1.54) is 0 Å². The Labute approximate surface area is 72.2 Å². The minimum Gasteiger partial charge on any atom is -0.246 e. The number of hydrazine groups is 1. The van der Waals surface area contributed by atoms with Crippen molar-refractivity contribution in [2.45, 2.75) is 5.62 Å². The molecule has 1 rings (SSSR count). The Kier molecular flexibility index (Phi) is 2.36. The molecule has 0 spiro atoms. The number of hydrogen-bond acceptors (Lipinski definition) is 4. The Hall–Kier alpha value is -0.0300. The standard InChI is InChI=1S/C3H3Cl3N4/c4-1-8-2(5)10(7)3(6)9-1/h2H,7H2. The van der Waals surface area contributed by atoms with Gasteiger partial charge in [-0.2, -0.15) is 4.99 Å². The molecule has 0 aromatic heterocycles. The number of alkyl halides is 1. The lowest BCUT2D eigenvalue weighted by Gasteiger charge is -2.21. The van der Waals surface area contributed by atoms with Crippen molar-refractivity contribution >= 4 is 45.4 Å². The van der Waals surface area contributed by atoms with Gasteiger partial charge in [-0.05, 0) is 23.2 Å². The molecule has 0 aliphatic carbocycles. The van der Waals surface area contributed by atoms with E-state index in [0.717, 1.165) is 5.01 Å². The molecule has 0 aromatic rings. The molecule has 0 saturated carbocycles. The number of hydrogen-bond donors (Lipinski definition) is 1. The minimum absolute atomic E-state index is 0.00620. The molecule has 2 N–H and O–H groups in total. The molecule has 4 nitrogen and oxygen atoms in total. The summed E-state index contributed by atoms with van der Waals surface area (Å²) < 4.78 is 0. The number of aliphatic imine (C=N–C) groups is 2. The van der Waals surface area contributed by atoms with Crippen molar-refractivity contribution in [1.82, 2.24) is 5.01 Å². The third kappa shape index (κ3) is 1.52. The van der Waals surface area contributed by atoms with Crippen LogP contribution >= 0.6 is 34.8 Å². The predicted octanol–water partition coefficient (Wildman–Crippen LogP) is 0.888. The van der Waals surface area contributed by atoms with Crippen molar-refractivity contribution in [2.24, 2.45) is 15.8 Å². The highest BCUT2D eigenvalue weighted by Crippen LogP contribution is 2.12. The maximum Gasteiger partial charge on any atom is 0.223 e. The van der Waals surface area contributed by atoms with E-state index in [-0.39, 0.29) is 10.6 Å². The van der Waals surface area contributed by atoms with Gasteiger partial charge < -0.3 is 0 Å². The summed E-state index contributed by atoms with van der Waals surface area (Å²) in [5.41, 5.74) is -0.766. The number of amidine groups is 2. The summed E-state index contributed by atoms with van der Waals surface area (Å²) in [7, 11) is 0. The third-order valence-electron chi connectivity index (χ3n) is 0.840. The largest absolute Gasteiger partial charge is 0.246 e. The zero-order chi connectivity index (χ0) is 7.72. The molecule has 10 heavy (non-hydrogen) atoms. The van der Waals surface area contributed by atoms with E-state index < -0.39 is 5.62 Å². The van der Waals surface area contributed by atoms with Crippen LogP contribution in [0.15, 0.2) is 9.98 Å². The summed E-state index contributed by atoms with van der Waals surface area (Å²) in [4.78, 5) is 7.12. The third-order valence-corrected chi connectivity index (χ3v) is 1.61. The maximum atomic E-state index is 5.52. The van der Waals surface area contributed by atoms with Crippen LogP contribution in [0, 0.1) is 0 Å². The van der Waals surface area contributed by atoms with Gasteiger partial charge in [-0.15, -0.1) is 0 Å². The second-order valence-electron chi connectivity index (χ2n) is 1.50. The Morgan fingerprint density at radius 1 is 1.50 bits per heavy atom.